The predicted molar refractivity (Wildman–Crippen MR) is 143 cm³/mol. The Balaban J connectivity index is 0.000000538. The van der Waals surface area contributed by atoms with Crippen molar-refractivity contribution in [3.63, 3.8) is 0 Å². The predicted octanol–water partition coefficient (Wildman–Crippen LogP) is 4.21. The van der Waals surface area contributed by atoms with Gasteiger partial charge in [0.05, 0.1) is 0 Å². The highest BCUT2D eigenvalue weighted by Gasteiger charge is 2.18. The van der Waals surface area contributed by atoms with Crippen LogP contribution in [0.15, 0.2) is 65.1 Å². The van der Waals surface area contributed by atoms with E-state index in [9.17, 15) is 4.79 Å². The summed E-state index contributed by atoms with van der Waals surface area (Å²) < 4.78 is 1.06. The molecule has 0 spiro atoms. The second kappa shape index (κ2) is 13.2. The van der Waals surface area contributed by atoms with Gasteiger partial charge < -0.3 is 20.4 Å². The van der Waals surface area contributed by atoms with Crippen molar-refractivity contribution in [2.24, 2.45) is 0 Å². The number of carboxylic acids is 2. The van der Waals surface area contributed by atoms with Crippen molar-refractivity contribution in [3.05, 3.63) is 76.3 Å². The van der Waals surface area contributed by atoms with Gasteiger partial charge in [0.2, 0.25) is 5.91 Å². The van der Waals surface area contributed by atoms with Crippen LogP contribution in [-0.4, -0.2) is 70.6 Å². The zero-order valence-corrected chi connectivity index (χ0v) is 21.7. The molecule has 3 N–H and O–H groups in total. The lowest BCUT2D eigenvalue weighted by molar-refractivity contribution is -0.159. The maximum atomic E-state index is 12.3. The van der Waals surface area contributed by atoms with E-state index in [0.717, 1.165) is 55.0 Å². The Hall–Kier alpha value is -3.27. The number of anilines is 1. The van der Waals surface area contributed by atoms with E-state index >= 15 is 0 Å². The third kappa shape index (κ3) is 8.15. The molecule has 1 fully saturated rings. The number of nitrogens with one attached hydrogen (secondary N) is 1. The van der Waals surface area contributed by atoms with Crippen LogP contribution in [-0.2, 0) is 20.9 Å². The number of nitrogens with zero attached hydrogens (tertiary/aromatic N) is 2. The Labute approximate surface area is 218 Å². The van der Waals surface area contributed by atoms with Gasteiger partial charge in [0.15, 0.2) is 0 Å². The second-order valence-corrected chi connectivity index (χ2v) is 9.48. The van der Waals surface area contributed by atoms with Crippen molar-refractivity contribution in [1.29, 1.82) is 0 Å². The average molecular weight is 556 g/mol. The van der Waals surface area contributed by atoms with Crippen LogP contribution in [0.4, 0.5) is 5.69 Å². The van der Waals surface area contributed by atoms with Crippen LogP contribution < -0.4 is 5.32 Å². The molecule has 0 bridgehead atoms. The van der Waals surface area contributed by atoms with Crippen LogP contribution in [0.3, 0.4) is 0 Å². The molecular formula is C27H30BrN3O5. The smallest absolute Gasteiger partial charge is 0.414 e. The molecule has 0 radical (unpaired) electrons. The molecule has 0 atom stereocenters. The van der Waals surface area contributed by atoms with Gasteiger partial charge in [0.1, 0.15) is 0 Å². The fourth-order valence-corrected chi connectivity index (χ4v) is 4.29. The number of fused-ring (bicyclic) bond motifs is 1. The van der Waals surface area contributed by atoms with Gasteiger partial charge in [0, 0.05) is 55.8 Å². The van der Waals surface area contributed by atoms with E-state index in [0.29, 0.717) is 6.42 Å². The highest BCUT2D eigenvalue weighted by molar-refractivity contribution is 9.10. The number of carboxylic acid groups (broad SMARTS) is 2. The Bertz CT molecular complexity index is 1210. The number of carbonyl (C=O) groups excluding carboxylic acids is 1. The molecule has 0 saturated carbocycles. The van der Waals surface area contributed by atoms with Crippen LogP contribution in [0, 0.1) is 6.92 Å². The molecule has 1 amide bonds. The Kier molecular flexibility index (Phi) is 9.98. The van der Waals surface area contributed by atoms with Gasteiger partial charge in [0.25, 0.3) is 0 Å². The molecular weight excluding hydrogens is 526 g/mol. The van der Waals surface area contributed by atoms with Crippen molar-refractivity contribution < 1.29 is 24.6 Å². The highest BCUT2D eigenvalue weighted by atomic mass is 79.9. The first kappa shape index (κ1) is 27.3. The molecule has 1 aliphatic heterocycles. The first-order valence-corrected chi connectivity index (χ1v) is 12.5. The molecule has 8 nitrogen and oxygen atoms in total. The maximum Gasteiger partial charge on any atom is 0.414 e. The normalized spacial score (nSPS) is 14.1. The minimum absolute atomic E-state index is 0.0786. The lowest BCUT2D eigenvalue weighted by Crippen LogP contribution is -2.46. The molecule has 4 rings (SSSR count). The lowest BCUT2D eigenvalue weighted by Gasteiger charge is -2.34. The number of aliphatic carboxylic acids is 2. The SMILES string of the molecule is Cc1cc(NC(=O)CCN2CCN(Cc3cccc4ccccc34)CC2)ccc1Br.O=C(O)C(=O)O. The van der Waals surface area contributed by atoms with E-state index in [1.54, 1.807) is 0 Å². The van der Waals surface area contributed by atoms with Gasteiger partial charge in [-0.15, -0.1) is 0 Å². The number of benzene rings is 3. The third-order valence-electron chi connectivity index (χ3n) is 6.02. The quantitative estimate of drug-likeness (QED) is 0.390. The Morgan fingerprint density at radius 1 is 0.889 bits per heavy atom. The lowest BCUT2D eigenvalue weighted by atomic mass is 10.0. The van der Waals surface area contributed by atoms with Crippen molar-refractivity contribution in [2.75, 3.05) is 38.0 Å². The van der Waals surface area contributed by atoms with Crippen LogP contribution in [0.2, 0.25) is 0 Å². The van der Waals surface area contributed by atoms with E-state index in [4.69, 9.17) is 19.8 Å². The summed E-state index contributed by atoms with van der Waals surface area (Å²) in [4.78, 5) is 35.4. The zero-order chi connectivity index (χ0) is 26.1. The molecule has 3 aromatic rings. The molecule has 0 aliphatic carbocycles. The topological polar surface area (TPSA) is 110 Å². The monoisotopic (exact) mass is 555 g/mol. The van der Waals surface area contributed by atoms with Gasteiger partial charge in [-0.05, 0) is 47.0 Å². The van der Waals surface area contributed by atoms with Crippen LogP contribution in [0.1, 0.15) is 17.5 Å². The molecule has 0 aromatic heterocycles. The van der Waals surface area contributed by atoms with E-state index in [2.05, 4.69) is 73.5 Å². The Morgan fingerprint density at radius 2 is 1.53 bits per heavy atom. The minimum Gasteiger partial charge on any atom is -0.473 e. The van der Waals surface area contributed by atoms with E-state index in [1.807, 2.05) is 25.1 Å². The third-order valence-corrected chi connectivity index (χ3v) is 6.91. The Morgan fingerprint density at radius 3 is 2.19 bits per heavy atom. The van der Waals surface area contributed by atoms with Gasteiger partial charge in [-0.1, -0.05) is 58.4 Å². The molecule has 9 heteroatoms. The van der Waals surface area contributed by atoms with Crippen molar-refractivity contribution >= 4 is 50.2 Å². The first-order valence-electron chi connectivity index (χ1n) is 11.7. The van der Waals surface area contributed by atoms with Gasteiger partial charge in [-0.3, -0.25) is 9.69 Å². The first-order chi connectivity index (χ1) is 17.2. The number of hydrogen-bond donors (Lipinski definition) is 3. The van der Waals surface area contributed by atoms with Crippen molar-refractivity contribution in [3.8, 4) is 0 Å². The molecule has 190 valence electrons. The van der Waals surface area contributed by atoms with Crippen molar-refractivity contribution in [1.82, 2.24) is 9.80 Å². The summed E-state index contributed by atoms with van der Waals surface area (Å²) in [6, 6.07) is 21.1. The highest BCUT2D eigenvalue weighted by Crippen LogP contribution is 2.21. The number of halogens is 1. The number of hydrogen-bond acceptors (Lipinski definition) is 5. The number of carbonyl (C=O) groups is 3. The number of aryl methyl sites for hydroxylation is 1. The summed E-state index contributed by atoms with van der Waals surface area (Å²) in [5.74, 6) is -3.57. The summed E-state index contributed by atoms with van der Waals surface area (Å²) in [6.07, 6.45) is 0.526. The molecule has 1 saturated heterocycles. The molecule has 3 aromatic carbocycles. The summed E-state index contributed by atoms with van der Waals surface area (Å²) in [7, 11) is 0. The molecule has 0 unspecified atom stereocenters. The van der Waals surface area contributed by atoms with Crippen LogP contribution in [0.5, 0.6) is 0 Å². The number of piperazine rings is 1. The fourth-order valence-electron chi connectivity index (χ4n) is 4.05. The van der Waals surface area contributed by atoms with E-state index < -0.39 is 11.9 Å². The van der Waals surface area contributed by atoms with Gasteiger partial charge in [-0.2, -0.15) is 0 Å². The minimum atomic E-state index is -1.82. The van der Waals surface area contributed by atoms with E-state index in [-0.39, 0.29) is 5.91 Å². The average Bonchev–Trinajstić information content (AvgIpc) is 2.86. The summed E-state index contributed by atoms with van der Waals surface area (Å²) in [5.41, 5.74) is 3.38. The summed E-state index contributed by atoms with van der Waals surface area (Å²) >= 11 is 3.49. The number of rotatable bonds is 6. The molecule has 36 heavy (non-hydrogen) atoms. The molecule has 1 aliphatic rings. The fraction of sp³-hybridized carbons (Fsp3) is 0.296. The van der Waals surface area contributed by atoms with Gasteiger partial charge >= 0.3 is 11.9 Å². The largest absolute Gasteiger partial charge is 0.473 e. The van der Waals surface area contributed by atoms with Crippen LogP contribution >= 0.6 is 15.9 Å². The van der Waals surface area contributed by atoms with Gasteiger partial charge in [-0.25, -0.2) is 9.59 Å². The van der Waals surface area contributed by atoms with Crippen molar-refractivity contribution in [2.45, 2.75) is 19.9 Å². The zero-order valence-electron chi connectivity index (χ0n) is 20.1. The standard InChI is InChI=1S/C25H28BrN3O.C2H2O4/c1-19-17-22(9-10-24(19)26)27-25(30)11-12-28-13-15-29(16-14-28)18-21-7-4-6-20-5-2-3-8-23(20)21;3-1(4)2(5)6/h2-10,17H,11-16,18H2,1H3,(H,27,30);(H,3,4)(H,5,6). The second-order valence-electron chi connectivity index (χ2n) is 8.63. The summed E-state index contributed by atoms with van der Waals surface area (Å²) in [6.45, 7) is 7.91. The van der Waals surface area contributed by atoms with Crippen LogP contribution in [0.25, 0.3) is 10.8 Å². The maximum absolute atomic E-state index is 12.3. The van der Waals surface area contributed by atoms with E-state index in [1.165, 1.54) is 16.3 Å². The number of amides is 1. The molecule has 1 heterocycles. The summed E-state index contributed by atoms with van der Waals surface area (Å²) in [5, 5.41) is 20.4.